The van der Waals surface area contributed by atoms with Crippen LogP contribution < -0.4 is 0 Å². The second-order valence-electron chi connectivity index (χ2n) is 5.52. The molecular formula is C16H22ClNO2S. The zero-order valence-corrected chi connectivity index (χ0v) is 14.1. The average Bonchev–Trinajstić information content (AvgIpc) is 2.82. The number of hydrogen-bond acceptors (Lipinski definition) is 2. The summed E-state index contributed by atoms with van der Waals surface area (Å²) in [4.78, 5) is 0.213. The number of halogens is 1. The van der Waals surface area contributed by atoms with E-state index in [1.165, 1.54) is 19.3 Å². The van der Waals surface area contributed by atoms with Crippen LogP contribution in [0.4, 0.5) is 0 Å². The molecule has 1 aromatic carbocycles. The number of benzene rings is 1. The smallest absolute Gasteiger partial charge is 0.263 e. The fraction of sp³-hybridized carbons (Fsp3) is 0.500. The highest BCUT2D eigenvalue weighted by Gasteiger charge is 2.19. The molecule has 0 radical (unpaired) electrons. The highest BCUT2D eigenvalue weighted by Crippen LogP contribution is 2.29. The summed E-state index contributed by atoms with van der Waals surface area (Å²) in [5.74, 6) is 0.562. The van der Waals surface area contributed by atoms with Gasteiger partial charge in [-0.3, -0.25) is 0 Å². The van der Waals surface area contributed by atoms with Crippen LogP contribution in [0.1, 0.15) is 39.5 Å². The number of hydrogen-bond donors (Lipinski definition) is 0. The molecule has 0 saturated carbocycles. The third-order valence-corrected chi connectivity index (χ3v) is 5.36. The molecule has 0 fully saturated rings. The van der Waals surface area contributed by atoms with Gasteiger partial charge in [0.05, 0.1) is 0 Å². The van der Waals surface area contributed by atoms with Crippen molar-refractivity contribution in [3.8, 4) is 0 Å². The molecule has 1 heterocycles. The number of para-hydroxylation sites is 1. The van der Waals surface area contributed by atoms with Crippen LogP contribution >= 0.6 is 10.7 Å². The SMILES string of the molecule is CCCCC(CC)Cn1cc(S(=O)(=O)Cl)c2ccccc21. The molecule has 0 aliphatic heterocycles. The third kappa shape index (κ3) is 3.80. The van der Waals surface area contributed by atoms with Gasteiger partial charge in [-0.05, 0) is 18.4 Å². The van der Waals surface area contributed by atoms with E-state index in [1.54, 1.807) is 6.20 Å². The molecule has 1 unspecified atom stereocenters. The van der Waals surface area contributed by atoms with Gasteiger partial charge in [-0.2, -0.15) is 0 Å². The first-order valence-corrected chi connectivity index (χ1v) is 9.80. The molecule has 21 heavy (non-hydrogen) atoms. The number of aromatic nitrogens is 1. The lowest BCUT2D eigenvalue weighted by molar-refractivity contribution is 0.395. The Morgan fingerprint density at radius 2 is 1.95 bits per heavy atom. The normalized spacial score (nSPS) is 13.7. The fourth-order valence-corrected chi connectivity index (χ4v) is 3.81. The summed E-state index contributed by atoms with van der Waals surface area (Å²) in [6.07, 6.45) is 6.34. The lowest BCUT2D eigenvalue weighted by atomic mass is 9.99. The summed E-state index contributed by atoms with van der Waals surface area (Å²) in [7, 11) is 1.85. The van der Waals surface area contributed by atoms with Gasteiger partial charge < -0.3 is 4.57 Å². The van der Waals surface area contributed by atoms with Crippen LogP contribution in [-0.2, 0) is 15.6 Å². The molecule has 0 N–H and O–H groups in total. The molecule has 2 aromatic rings. The standard InChI is InChI=1S/C16H22ClNO2S/c1-3-5-8-13(4-2)11-18-12-16(21(17,19)20)14-9-6-7-10-15(14)18/h6-7,9-10,12-13H,3-5,8,11H2,1-2H3. The maximum Gasteiger partial charge on any atom is 0.263 e. The summed E-state index contributed by atoms with van der Waals surface area (Å²) >= 11 is 0. The number of unbranched alkanes of at least 4 members (excludes halogenated alkanes) is 1. The fourth-order valence-electron chi connectivity index (χ4n) is 2.75. The van der Waals surface area contributed by atoms with E-state index in [0.717, 1.165) is 18.5 Å². The average molecular weight is 328 g/mol. The van der Waals surface area contributed by atoms with Gasteiger partial charge in [-0.25, -0.2) is 8.42 Å². The van der Waals surface area contributed by atoms with Gasteiger partial charge in [-0.15, -0.1) is 0 Å². The van der Waals surface area contributed by atoms with E-state index in [0.29, 0.717) is 11.3 Å². The van der Waals surface area contributed by atoms with Crippen LogP contribution in [-0.4, -0.2) is 13.0 Å². The Morgan fingerprint density at radius 3 is 2.57 bits per heavy atom. The van der Waals surface area contributed by atoms with Gasteiger partial charge >= 0.3 is 0 Å². The molecule has 116 valence electrons. The largest absolute Gasteiger partial charge is 0.346 e. The maximum atomic E-state index is 11.7. The second kappa shape index (κ2) is 6.84. The minimum Gasteiger partial charge on any atom is -0.346 e. The van der Waals surface area contributed by atoms with E-state index >= 15 is 0 Å². The molecule has 0 bridgehead atoms. The van der Waals surface area contributed by atoms with Crippen molar-refractivity contribution < 1.29 is 8.42 Å². The van der Waals surface area contributed by atoms with Crippen molar-refractivity contribution in [3.63, 3.8) is 0 Å². The summed E-state index contributed by atoms with van der Waals surface area (Å²) in [6.45, 7) is 5.21. The summed E-state index contributed by atoms with van der Waals surface area (Å²) in [5.41, 5.74) is 0.937. The number of nitrogens with zero attached hydrogens (tertiary/aromatic N) is 1. The van der Waals surface area contributed by atoms with Crippen molar-refractivity contribution >= 4 is 30.6 Å². The first-order valence-electron chi connectivity index (χ1n) is 7.49. The first-order chi connectivity index (χ1) is 9.97. The quantitative estimate of drug-likeness (QED) is 0.686. The molecule has 0 spiro atoms. The van der Waals surface area contributed by atoms with Crippen LogP contribution in [0.5, 0.6) is 0 Å². The molecule has 0 saturated heterocycles. The van der Waals surface area contributed by atoms with Gasteiger partial charge in [0.1, 0.15) is 4.90 Å². The maximum absolute atomic E-state index is 11.7. The lowest BCUT2D eigenvalue weighted by Gasteiger charge is -2.16. The Hall–Kier alpha value is -1.00. The molecule has 1 aromatic heterocycles. The van der Waals surface area contributed by atoms with Gasteiger partial charge in [0.15, 0.2) is 0 Å². The Bertz CT molecular complexity index is 706. The van der Waals surface area contributed by atoms with Gasteiger partial charge in [0.2, 0.25) is 0 Å². The molecule has 5 heteroatoms. The number of fused-ring (bicyclic) bond motifs is 1. The molecule has 0 amide bonds. The predicted octanol–water partition coefficient (Wildman–Crippen LogP) is 4.79. The van der Waals surface area contributed by atoms with Crippen molar-refractivity contribution in [1.29, 1.82) is 0 Å². The van der Waals surface area contributed by atoms with E-state index in [-0.39, 0.29) is 4.90 Å². The second-order valence-corrected chi connectivity index (χ2v) is 8.05. The summed E-state index contributed by atoms with van der Waals surface area (Å²) in [6, 6.07) is 7.53. The summed E-state index contributed by atoms with van der Waals surface area (Å²) in [5, 5.41) is 0.706. The predicted molar refractivity (Wildman–Crippen MR) is 88.3 cm³/mol. The van der Waals surface area contributed by atoms with Crippen LogP contribution in [0.25, 0.3) is 10.9 Å². The summed E-state index contributed by atoms with van der Waals surface area (Å²) < 4.78 is 25.5. The Kier molecular flexibility index (Phi) is 5.33. The Balaban J connectivity index is 2.40. The first kappa shape index (κ1) is 16.4. The van der Waals surface area contributed by atoms with Crippen LogP contribution in [0.3, 0.4) is 0 Å². The van der Waals surface area contributed by atoms with E-state index < -0.39 is 9.05 Å². The molecule has 1 atom stereocenters. The minimum atomic E-state index is -3.72. The van der Waals surface area contributed by atoms with E-state index in [2.05, 4.69) is 13.8 Å². The van der Waals surface area contributed by atoms with Gasteiger partial charge in [0.25, 0.3) is 9.05 Å². The number of rotatable bonds is 7. The Morgan fingerprint density at radius 1 is 1.24 bits per heavy atom. The third-order valence-electron chi connectivity index (χ3n) is 4.01. The van der Waals surface area contributed by atoms with E-state index in [1.807, 2.05) is 28.8 Å². The van der Waals surface area contributed by atoms with Crippen molar-refractivity contribution in [1.82, 2.24) is 4.57 Å². The van der Waals surface area contributed by atoms with Crippen molar-refractivity contribution in [2.75, 3.05) is 0 Å². The highest BCUT2D eigenvalue weighted by atomic mass is 35.7. The molecule has 2 rings (SSSR count). The van der Waals surface area contributed by atoms with E-state index in [9.17, 15) is 8.42 Å². The van der Waals surface area contributed by atoms with Gasteiger partial charge in [0, 0.05) is 34.3 Å². The van der Waals surface area contributed by atoms with Crippen LogP contribution in [0, 0.1) is 5.92 Å². The molecular weight excluding hydrogens is 306 g/mol. The van der Waals surface area contributed by atoms with Crippen molar-refractivity contribution in [3.05, 3.63) is 30.5 Å². The zero-order valence-electron chi connectivity index (χ0n) is 12.5. The molecule has 0 aliphatic rings. The zero-order chi connectivity index (χ0) is 15.5. The van der Waals surface area contributed by atoms with E-state index in [4.69, 9.17) is 10.7 Å². The van der Waals surface area contributed by atoms with Crippen molar-refractivity contribution in [2.45, 2.75) is 51.0 Å². The topological polar surface area (TPSA) is 39.1 Å². The lowest BCUT2D eigenvalue weighted by Crippen LogP contribution is -2.09. The van der Waals surface area contributed by atoms with Gasteiger partial charge in [-0.1, -0.05) is 51.3 Å². The molecule has 3 nitrogen and oxygen atoms in total. The molecule has 0 aliphatic carbocycles. The van der Waals surface area contributed by atoms with Crippen molar-refractivity contribution in [2.24, 2.45) is 5.92 Å². The highest BCUT2D eigenvalue weighted by molar-refractivity contribution is 8.14. The Labute approximate surface area is 131 Å². The van der Waals surface area contributed by atoms with Crippen LogP contribution in [0.15, 0.2) is 35.4 Å². The van der Waals surface area contributed by atoms with Crippen LogP contribution in [0.2, 0.25) is 0 Å². The minimum absolute atomic E-state index is 0.213. The monoisotopic (exact) mass is 327 g/mol.